The summed E-state index contributed by atoms with van der Waals surface area (Å²) in [5.41, 5.74) is 7.71. The molecular formula is C17H11N7O3. The van der Waals surface area contributed by atoms with Crippen molar-refractivity contribution >= 4 is 17.1 Å². The van der Waals surface area contributed by atoms with Crippen LogP contribution in [0.2, 0.25) is 0 Å². The third kappa shape index (κ3) is 3.06. The molecule has 0 unspecified atom stereocenters. The molecular weight excluding hydrogens is 350 g/mol. The maximum absolute atomic E-state index is 11.8. The molecule has 0 saturated heterocycles. The van der Waals surface area contributed by atoms with E-state index in [9.17, 15) is 4.79 Å². The highest BCUT2D eigenvalue weighted by Gasteiger charge is 2.29. The topological polar surface area (TPSA) is 139 Å². The van der Waals surface area contributed by atoms with Gasteiger partial charge in [0.15, 0.2) is 11.5 Å². The van der Waals surface area contributed by atoms with Crippen LogP contribution in [0.15, 0.2) is 72.4 Å². The van der Waals surface area contributed by atoms with E-state index < -0.39 is 5.91 Å². The van der Waals surface area contributed by atoms with E-state index in [0.29, 0.717) is 22.5 Å². The summed E-state index contributed by atoms with van der Waals surface area (Å²) in [5, 5.41) is 22.8. The zero-order valence-corrected chi connectivity index (χ0v) is 13.7. The van der Waals surface area contributed by atoms with Gasteiger partial charge in [0.1, 0.15) is 5.69 Å². The van der Waals surface area contributed by atoms with Crippen LogP contribution in [0.4, 0.5) is 0 Å². The number of amides is 1. The molecule has 10 nitrogen and oxygen atoms in total. The number of nitrogens with zero attached hydrogens (tertiary/aromatic N) is 6. The number of hydrogen-bond donors (Lipinski definition) is 1. The Labute approximate surface area is 152 Å². The van der Waals surface area contributed by atoms with E-state index in [0.717, 1.165) is 0 Å². The number of ether oxygens (including phenoxy) is 2. The molecule has 0 spiro atoms. The molecule has 2 aliphatic heterocycles. The molecule has 0 saturated carbocycles. The molecule has 10 heteroatoms. The second-order valence-corrected chi connectivity index (χ2v) is 5.27. The Bertz CT molecular complexity index is 1040. The zero-order chi connectivity index (χ0) is 18.6. The first-order valence-corrected chi connectivity index (χ1v) is 7.71. The molecule has 2 N–H and O–H groups in total. The highest BCUT2D eigenvalue weighted by Crippen LogP contribution is 2.38. The Hall–Kier alpha value is -4.21. The standard InChI is InChI=1S/C17H11N7O3/c18-17(25)11-2-1-8-26-15(11)16-14(13-4-7-20-24-22-13)10(5-9-27-16)12-3-6-19-23-21-12/h1-9H,(H2,18,25). The Morgan fingerprint density at radius 2 is 1.63 bits per heavy atom. The third-order valence-electron chi connectivity index (χ3n) is 3.70. The van der Waals surface area contributed by atoms with Gasteiger partial charge in [0.05, 0.1) is 41.8 Å². The van der Waals surface area contributed by atoms with E-state index >= 15 is 0 Å². The fourth-order valence-corrected chi connectivity index (χ4v) is 2.58. The number of nitrogens with two attached hydrogens (primary N) is 1. The lowest BCUT2D eigenvalue weighted by atomic mass is 9.96. The molecule has 132 valence electrons. The summed E-state index contributed by atoms with van der Waals surface area (Å²) in [7, 11) is 0. The summed E-state index contributed by atoms with van der Waals surface area (Å²) in [6, 6.07) is 3.33. The van der Waals surface area contributed by atoms with Crippen molar-refractivity contribution in [1.29, 1.82) is 0 Å². The highest BCUT2D eigenvalue weighted by molar-refractivity contribution is 6.03. The van der Waals surface area contributed by atoms with E-state index in [2.05, 4.69) is 30.8 Å². The molecule has 2 aromatic heterocycles. The number of primary amides is 1. The van der Waals surface area contributed by atoms with Gasteiger partial charge in [0, 0.05) is 5.57 Å². The van der Waals surface area contributed by atoms with Crippen LogP contribution >= 0.6 is 0 Å². The number of rotatable bonds is 3. The fraction of sp³-hybridized carbons (Fsp3) is 0. The second-order valence-electron chi connectivity index (χ2n) is 5.27. The van der Waals surface area contributed by atoms with Gasteiger partial charge in [-0.15, -0.1) is 20.4 Å². The van der Waals surface area contributed by atoms with Gasteiger partial charge >= 0.3 is 0 Å². The van der Waals surface area contributed by atoms with E-state index in [4.69, 9.17) is 15.2 Å². The Morgan fingerprint density at radius 3 is 2.30 bits per heavy atom. The minimum Gasteiger partial charge on any atom is -0.460 e. The maximum Gasteiger partial charge on any atom is 0.252 e. The lowest BCUT2D eigenvalue weighted by Crippen LogP contribution is -2.19. The van der Waals surface area contributed by atoms with Crippen molar-refractivity contribution in [1.82, 2.24) is 30.8 Å². The third-order valence-corrected chi connectivity index (χ3v) is 3.70. The molecule has 27 heavy (non-hydrogen) atoms. The Kier molecular flexibility index (Phi) is 4.19. The van der Waals surface area contributed by atoms with Gasteiger partial charge in [0.25, 0.3) is 5.91 Å². The quantitative estimate of drug-likeness (QED) is 0.835. The smallest absolute Gasteiger partial charge is 0.252 e. The lowest BCUT2D eigenvalue weighted by molar-refractivity contribution is -0.114. The fourth-order valence-electron chi connectivity index (χ4n) is 2.58. The van der Waals surface area contributed by atoms with Crippen LogP contribution in [-0.2, 0) is 14.3 Å². The van der Waals surface area contributed by atoms with Crippen LogP contribution in [0, 0.1) is 0 Å². The molecule has 4 heterocycles. The van der Waals surface area contributed by atoms with Gasteiger partial charge in [-0.3, -0.25) is 4.79 Å². The van der Waals surface area contributed by atoms with Crippen molar-refractivity contribution in [2.75, 3.05) is 0 Å². The summed E-state index contributed by atoms with van der Waals surface area (Å²) in [6.07, 6.45) is 10.6. The van der Waals surface area contributed by atoms with E-state index in [1.54, 1.807) is 24.3 Å². The van der Waals surface area contributed by atoms with Crippen LogP contribution in [0.25, 0.3) is 11.1 Å². The van der Waals surface area contributed by atoms with Gasteiger partial charge < -0.3 is 15.2 Å². The summed E-state index contributed by atoms with van der Waals surface area (Å²) < 4.78 is 11.3. The van der Waals surface area contributed by atoms with Gasteiger partial charge in [0.2, 0.25) is 0 Å². The number of allylic oxidation sites excluding steroid dienone is 5. The predicted octanol–water partition coefficient (Wildman–Crippen LogP) is 0.678. The van der Waals surface area contributed by atoms with Gasteiger partial charge in [-0.05, 0) is 40.8 Å². The Balaban J connectivity index is 2.00. The average Bonchev–Trinajstić information content (AvgIpc) is 2.74. The van der Waals surface area contributed by atoms with Crippen LogP contribution in [-0.4, -0.2) is 36.7 Å². The molecule has 0 bridgehead atoms. The first-order valence-electron chi connectivity index (χ1n) is 7.71. The normalized spacial score (nSPS) is 18.6. The molecule has 0 aromatic carbocycles. The van der Waals surface area contributed by atoms with Crippen LogP contribution < -0.4 is 5.73 Å². The first-order chi connectivity index (χ1) is 13.3. The van der Waals surface area contributed by atoms with Crippen molar-refractivity contribution in [3.63, 3.8) is 0 Å². The van der Waals surface area contributed by atoms with Gasteiger partial charge in [-0.1, -0.05) is 0 Å². The summed E-state index contributed by atoms with van der Waals surface area (Å²) in [5.74, 6) is -0.270. The molecule has 2 aliphatic rings. The van der Waals surface area contributed by atoms with E-state index in [1.807, 2.05) is 0 Å². The second kappa shape index (κ2) is 6.96. The Morgan fingerprint density at radius 1 is 0.926 bits per heavy atom. The van der Waals surface area contributed by atoms with E-state index in [-0.39, 0.29) is 17.1 Å². The minimum atomic E-state index is -0.662. The molecule has 1 amide bonds. The van der Waals surface area contributed by atoms with E-state index in [1.165, 1.54) is 31.0 Å². The molecule has 0 atom stereocenters. The van der Waals surface area contributed by atoms with Crippen molar-refractivity contribution in [2.45, 2.75) is 0 Å². The van der Waals surface area contributed by atoms with Crippen LogP contribution in [0.3, 0.4) is 0 Å². The average molecular weight is 361 g/mol. The molecule has 0 radical (unpaired) electrons. The number of hydrogen-bond acceptors (Lipinski definition) is 9. The van der Waals surface area contributed by atoms with Crippen LogP contribution in [0.5, 0.6) is 0 Å². The monoisotopic (exact) mass is 361 g/mol. The van der Waals surface area contributed by atoms with Gasteiger partial charge in [-0.2, -0.15) is 0 Å². The van der Waals surface area contributed by atoms with Crippen LogP contribution in [0.1, 0.15) is 11.4 Å². The molecule has 4 rings (SSSR count). The van der Waals surface area contributed by atoms with Crippen molar-refractivity contribution in [3.8, 4) is 0 Å². The molecule has 2 aromatic rings. The molecule has 0 fully saturated rings. The summed E-state index contributed by atoms with van der Waals surface area (Å²) in [6.45, 7) is 0. The highest BCUT2D eigenvalue weighted by atomic mass is 16.5. The minimum absolute atomic E-state index is 0.155. The summed E-state index contributed by atoms with van der Waals surface area (Å²) >= 11 is 0. The van der Waals surface area contributed by atoms with Crippen molar-refractivity contribution in [2.24, 2.45) is 5.73 Å². The lowest BCUT2D eigenvalue weighted by Gasteiger charge is -2.22. The molecule has 0 aliphatic carbocycles. The van der Waals surface area contributed by atoms with Crippen molar-refractivity contribution < 1.29 is 14.3 Å². The number of aromatic nitrogens is 6. The zero-order valence-electron chi connectivity index (χ0n) is 13.7. The summed E-state index contributed by atoms with van der Waals surface area (Å²) in [4.78, 5) is 11.8. The maximum atomic E-state index is 11.8. The number of carbonyl (C=O) groups is 1. The number of carbonyl (C=O) groups excluding carboxylic acids is 1. The van der Waals surface area contributed by atoms with Gasteiger partial charge in [-0.25, -0.2) is 0 Å². The SMILES string of the molecule is NC(=O)C1=CC=COC1=C1OC=CC(c2ccnnn2)=C1c1ccnnn1. The largest absolute Gasteiger partial charge is 0.460 e. The predicted molar refractivity (Wildman–Crippen MR) is 91.2 cm³/mol. The van der Waals surface area contributed by atoms with Crippen molar-refractivity contribution in [3.05, 3.63) is 83.8 Å². The first kappa shape index (κ1) is 16.3.